The number of ketones is 1. The lowest BCUT2D eigenvalue weighted by atomic mass is 10.0. The molecular formula is C37H67N3O12. The van der Waals surface area contributed by atoms with Gasteiger partial charge >= 0.3 is 11.9 Å². The summed E-state index contributed by atoms with van der Waals surface area (Å²) in [4.78, 5) is 68.9. The third-order valence-electron chi connectivity index (χ3n) is 7.97. The number of aliphatic carboxylic acids is 2. The van der Waals surface area contributed by atoms with Crippen LogP contribution in [0.1, 0.15) is 129 Å². The minimum atomic E-state index is -1.04. The highest BCUT2D eigenvalue weighted by Gasteiger charge is 2.17. The van der Waals surface area contributed by atoms with Crippen LogP contribution in [0, 0.1) is 0 Å². The van der Waals surface area contributed by atoms with Crippen LogP contribution < -0.4 is 16.0 Å². The molecule has 15 heteroatoms. The van der Waals surface area contributed by atoms with E-state index in [9.17, 15) is 33.9 Å². The van der Waals surface area contributed by atoms with Crippen LogP contribution >= 0.6 is 0 Å². The molecule has 5 N–H and O–H groups in total. The van der Waals surface area contributed by atoms with Crippen LogP contribution in [0.4, 0.5) is 0 Å². The zero-order valence-corrected chi connectivity index (χ0v) is 31.6. The maximum absolute atomic E-state index is 12.4. The molecule has 302 valence electrons. The van der Waals surface area contributed by atoms with Crippen LogP contribution in [0.5, 0.6) is 0 Å². The van der Waals surface area contributed by atoms with Gasteiger partial charge in [-0.25, -0.2) is 0 Å². The molecule has 0 aliphatic carbocycles. The van der Waals surface area contributed by atoms with Gasteiger partial charge in [0.25, 0.3) is 0 Å². The monoisotopic (exact) mass is 745 g/mol. The van der Waals surface area contributed by atoms with E-state index in [1.165, 1.54) is 51.9 Å². The van der Waals surface area contributed by atoms with Crippen molar-refractivity contribution in [2.24, 2.45) is 0 Å². The van der Waals surface area contributed by atoms with Gasteiger partial charge in [-0.15, -0.1) is 0 Å². The molecule has 0 saturated heterocycles. The molecular weight excluding hydrogens is 678 g/mol. The quantitative estimate of drug-likeness (QED) is 0.0566. The Hall–Kier alpha value is -3.14. The highest BCUT2D eigenvalue weighted by molar-refractivity contribution is 5.78. The average Bonchev–Trinajstić information content (AvgIpc) is 3.08. The van der Waals surface area contributed by atoms with Gasteiger partial charge in [0, 0.05) is 38.4 Å². The standard InChI is InChI=1S/C37H67N3O12/c1-31(41)29-51-26-24-50-23-21-39-35(44)30-52-27-25-49-22-20-38-33(42)19-18-32(28-37(47)48)40-34(43)16-14-12-10-8-6-4-2-3-5-7-9-11-13-15-17-36(45)46/h32H,2-30H2,1H3,(H,38,42)(H,39,44)(H,40,43)(H,45,46)(H,47,48)/t32-/m1/s1. The summed E-state index contributed by atoms with van der Waals surface area (Å²) in [6.45, 7) is 3.57. The number of carboxylic acids is 2. The number of Topliss-reactive ketones (excluding diaryl/α,β-unsaturated/α-hetero) is 1. The molecule has 0 rings (SSSR count). The van der Waals surface area contributed by atoms with Crippen molar-refractivity contribution >= 4 is 35.4 Å². The lowest BCUT2D eigenvalue weighted by molar-refractivity contribution is -0.138. The van der Waals surface area contributed by atoms with E-state index in [1.807, 2.05) is 0 Å². The topological polar surface area (TPSA) is 216 Å². The number of carbonyl (C=O) groups excluding carboxylic acids is 4. The average molecular weight is 746 g/mol. The molecule has 52 heavy (non-hydrogen) atoms. The Bertz CT molecular complexity index is 966. The second-order valence-corrected chi connectivity index (χ2v) is 13.0. The third kappa shape index (κ3) is 38.1. The summed E-state index contributed by atoms with van der Waals surface area (Å²) in [5.74, 6) is -2.55. The van der Waals surface area contributed by atoms with Crippen LogP contribution in [0.25, 0.3) is 0 Å². The predicted octanol–water partition coefficient (Wildman–Crippen LogP) is 3.94. The van der Waals surface area contributed by atoms with Crippen molar-refractivity contribution in [3.63, 3.8) is 0 Å². The van der Waals surface area contributed by atoms with Gasteiger partial charge in [-0.3, -0.25) is 28.8 Å². The molecule has 0 aromatic rings. The first-order valence-corrected chi connectivity index (χ1v) is 19.2. The number of amides is 3. The second kappa shape index (κ2) is 36.2. The number of rotatable bonds is 39. The van der Waals surface area contributed by atoms with E-state index in [0.29, 0.717) is 32.8 Å². The van der Waals surface area contributed by atoms with E-state index in [0.717, 1.165) is 44.9 Å². The molecule has 0 spiro atoms. The Morgan fingerprint density at radius 1 is 0.481 bits per heavy atom. The zero-order chi connectivity index (χ0) is 38.5. The molecule has 0 bridgehead atoms. The molecule has 0 heterocycles. The van der Waals surface area contributed by atoms with Crippen LogP contribution in [0.2, 0.25) is 0 Å². The highest BCUT2D eigenvalue weighted by Crippen LogP contribution is 2.14. The number of carbonyl (C=O) groups is 6. The SMILES string of the molecule is CC(=O)COCCOCCNC(=O)COCCOCCNC(=O)CC[C@H](CC(=O)O)NC(=O)CCCCCCCCCCCCCCCCC(=O)O. The smallest absolute Gasteiger partial charge is 0.305 e. The third-order valence-corrected chi connectivity index (χ3v) is 7.97. The van der Waals surface area contributed by atoms with Crippen LogP contribution in [0.15, 0.2) is 0 Å². The lowest BCUT2D eigenvalue weighted by Crippen LogP contribution is -2.38. The summed E-state index contributed by atoms with van der Waals surface area (Å²) < 4.78 is 21.0. The van der Waals surface area contributed by atoms with Gasteiger partial charge in [0.15, 0.2) is 5.78 Å². The van der Waals surface area contributed by atoms with Crippen molar-refractivity contribution in [2.45, 2.75) is 135 Å². The molecule has 3 amide bonds. The number of hydrogen-bond acceptors (Lipinski definition) is 10. The molecule has 0 aromatic heterocycles. The summed E-state index contributed by atoms with van der Waals surface area (Å²) in [5.41, 5.74) is 0. The molecule has 0 saturated carbocycles. The zero-order valence-electron chi connectivity index (χ0n) is 31.6. The molecule has 1 atom stereocenters. The molecule has 15 nitrogen and oxygen atoms in total. The fourth-order valence-corrected chi connectivity index (χ4v) is 5.21. The molecule has 0 unspecified atom stereocenters. The van der Waals surface area contributed by atoms with Crippen molar-refractivity contribution in [1.29, 1.82) is 0 Å². The Balaban J connectivity index is 3.74. The van der Waals surface area contributed by atoms with Crippen LogP contribution in [-0.4, -0.2) is 118 Å². The van der Waals surface area contributed by atoms with E-state index in [1.54, 1.807) is 0 Å². The van der Waals surface area contributed by atoms with Crippen molar-refractivity contribution in [3.8, 4) is 0 Å². The van der Waals surface area contributed by atoms with Crippen molar-refractivity contribution < 1.29 is 57.9 Å². The first-order chi connectivity index (χ1) is 25.1. The molecule has 0 aliphatic heterocycles. The van der Waals surface area contributed by atoms with Crippen LogP contribution in [-0.2, 0) is 47.7 Å². The van der Waals surface area contributed by atoms with Gasteiger partial charge < -0.3 is 45.1 Å². The Kier molecular flexibility index (Phi) is 34.0. The summed E-state index contributed by atoms with van der Waals surface area (Å²) in [5, 5.41) is 26.0. The van der Waals surface area contributed by atoms with Gasteiger partial charge in [0.2, 0.25) is 17.7 Å². The van der Waals surface area contributed by atoms with E-state index in [2.05, 4.69) is 16.0 Å². The Morgan fingerprint density at radius 2 is 0.923 bits per heavy atom. The van der Waals surface area contributed by atoms with Crippen molar-refractivity contribution in [2.75, 3.05) is 65.9 Å². The van der Waals surface area contributed by atoms with E-state index < -0.39 is 18.0 Å². The number of carboxylic acid groups (broad SMARTS) is 2. The van der Waals surface area contributed by atoms with Crippen LogP contribution in [0.3, 0.4) is 0 Å². The first-order valence-electron chi connectivity index (χ1n) is 19.2. The predicted molar refractivity (Wildman–Crippen MR) is 195 cm³/mol. The number of ether oxygens (including phenoxy) is 4. The van der Waals surface area contributed by atoms with E-state index in [-0.39, 0.29) is 88.8 Å². The minimum absolute atomic E-state index is 0.0532. The fraction of sp³-hybridized carbons (Fsp3) is 0.838. The second-order valence-electron chi connectivity index (χ2n) is 13.0. The maximum Gasteiger partial charge on any atom is 0.305 e. The number of nitrogens with one attached hydrogen (secondary N) is 3. The summed E-state index contributed by atoms with van der Waals surface area (Å²) in [6, 6.07) is -0.621. The fourth-order valence-electron chi connectivity index (χ4n) is 5.21. The maximum atomic E-state index is 12.4. The Morgan fingerprint density at radius 3 is 1.40 bits per heavy atom. The molecule has 0 fully saturated rings. The van der Waals surface area contributed by atoms with Crippen molar-refractivity contribution in [3.05, 3.63) is 0 Å². The van der Waals surface area contributed by atoms with Gasteiger partial charge in [-0.05, 0) is 26.2 Å². The van der Waals surface area contributed by atoms with Gasteiger partial charge in [-0.1, -0.05) is 77.0 Å². The van der Waals surface area contributed by atoms with E-state index >= 15 is 0 Å². The van der Waals surface area contributed by atoms with Gasteiger partial charge in [0.1, 0.15) is 13.2 Å². The minimum Gasteiger partial charge on any atom is -0.481 e. The van der Waals surface area contributed by atoms with E-state index in [4.69, 9.17) is 24.1 Å². The van der Waals surface area contributed by atoms with Gasteiger partial charge in [0.05, 0.1) is 46.1 Å². The largest absolute Gasteiger partial charge is 0.481 e. The number of unbranched alkanes of at least 4 members (excludes halogenated alkanes) is 13. The van der Waals surface area contributed by atoms with Crippen molar-refractivity contribution in [1.82, 2.24) is 16.0 Å². The summed E-state index contributed by atoms with van der Waals surface area (Å²) in [6.07, 6.45) is 16.0. The number of hydrogen-bond donors (Lipinski definition) is 5. The molecule has 0 aliphatic rings. The molecule has 0 aromatic carbocycles. The normalized spacial score (nSPS) is 11.6. The van der Waals surface area contributed by atoms with Gasteiger partial charge in [-0.2, -0.15) is 0 Å². The first kappa shape index (κ1) is 48.9. The lowest BCUT2D eigenvalue weighted by Gasteiger charge is -2.17. The molecule has 0 radical (unpaired) electrons. The summed E-state index contributed by atoms with van der Waals surface area (Å²) >= 11 is 0. The summed E-state index contributed by atoms with van der Waals surface area (Å²) in [7, 11) is 0. The Labute approximate surface area is 310 Å². The highest BCUT2D eigenvalue weighted by atomic mass is 16.5.